The van der Waals surface area contributed by atoms with Gasteiger partial charge in [-0.3, -0.25) is 9.69 Å². The molecule has 0 amide bonds. The van der Waals surface area contributed by atoms with Crippen LogP contribution in [0, 0.1) is 23.2 Å². The van der Waals surface area contributed by atoms with Crippen LogP contribution in [0.3, 0.4) is 0 Å². The Hall–Kier alpha value is -1.55. The maximum atomic E-state index is 11.9. The minimum absolute atomic E-state index is 0.0117. The van der Waals surface area contributed by atoms with E-state index in [1.165, 1.54) is 24.9 Å². The molecule has 4 heteroatoms. The normalized spacial score (nSPS) is 33.2. The monoisotopic (exact) mass is 426 g/mol. The molecule has 1 saturated heterocycles. The molecule has 1 aromatic rings. The number of hydrogen-bond donors (Lipinski definition) is 0. The zero-order valence-electron chi connectivity index (χ0n) is 20.3. The van der Waals surface area contributed by atoms with Crippen LogP contribution >= 0.6 is 0 Å². The lowest BCUT2D eigenvalue weighted by molar-refractivity contribution is -0.145. The van der Waals surface area contributed by atoms with Gasteiger partial charge in [-0.25, -0.2) is 0 Å². The summed E-state index contributed by atoms with van der Waals surface area (Å²) in [4.78, 5) is 17.1. The molecule has 0 radical (unpaired) electrons. The van der Waals surface area contributed by atoms with Gasteiger partial charge in [0.1, 0.15) is 0 Å². The van der Waals surface area contributed by atoms with Crippen molar-refractivity contribution in [3.8, 4) is 0 Å². The molecule has 0 spiro atoms. The number of hydrogen-bond acceptors (Lipinski definition) is 4. The first-order valence-electron chi connectivity index (χ1n) is 12.5. The van der Waals surface area contributed by atoms with Crippen molar-refractivity contribution in [3.63, 3.8) is 0 Å². The van der Waals surface area contributed by atoms with Gasteiger partial charge in [-0.05, 0) is 54.1 Å². The summed E-state index contributed by atoms with van der Waals surface area (Å²) in [6, 6.07) is 9.19. The number of rotatable bonds is 6. The number of para-hydroxylation sites is 1. The lowest BCUT2D eigenvalue weighted by Crippen LogP contribution is -2.50. The van der Waals surface area contributed by atoms with Gasteiger partial charge in [0.25, 0.3) is 0 Å². The second-order valence-corrected chi connectivity index (χ2v) is 11.0. The molecule has 1 aliphatic heterocycles. The van der Waals surface area contributed by atoms with Gasteiger partial charge in [-0.2, -0.15) is 0 Å². The summed E-state index contributed by atoms with van der Waals surface area (Å²) in [6.07, 6.45) is 4.95. The maximum Gasteiger partial charge on any atom is 0.309 e. The number of anilines is 1. The Bertz CT molecular complexity index is 783. The molecule has 1 aromatic carbocycles. The third-order valence-corrected chi connectivity index (χ3v) is 9.18. The zero-order valence-corrected chi connectivity index (χ0v) is 20.3. The highest BCUT2D eigenvalue weighted by atomic mass is 16.5. The largest absolute Gasteiger partial charge is 0.466 e. The smallest absolute Gasteiger partial charge is 0.309 e. The van der Waals surface area contributed by atoms with Gasteiger partial charge in [0.2, 0.25) is 0 Å². The second kappa shape index (κ2) is 8.77. The molecule has 2 saturated carbocycles. The summed E-state index contributed by atoms with van der Waals surface area (Å²) in [5, 5.41) is 0. The van der Waals surface area contributed by atoms with E-state index in [1.807, 2.05) is 6.92 Å². The SMILES string of the molecule is CCOC(=O)C1CC1CN1CCN(c2ccccc2C2(C)CCCC(C)C2(C)C)CC1. The van der Waals surface area contributed by atoms with E-state index in [4.69, 9.17) is 4.74 Å². The van der Waals surface area contributed by atoms with Crippen molar-refractivity contribution in [2.45, 2.75) is 65.7 Å². The van der Waals surface area contributed by atoms with Crippen LogP contribution in [0.2, 0.25) is 0 Å². The van der Waals surface area contributed by atoms with E-state index < -0.39 is 0 Å². The van der Waals surface area contributed by atoms with Gasteiger partial charge in [0.05, 0.1) is 12.5 Å². The molecule has 172 valence electrons. The molecule has 31 heavy (non-hydrogen) atoms. The minimum atomic E-state index is 0.0117. The van der Waals surface area contributed by atoms with Crippen molar-refractivity contribution < 1.29 is 9.53 Å². The number of piperazine rings is 1. The minimum Gasteiger partial charge on any atom is -0.466 e. The Balaban J connectivity index is 1.42. The molecular formula is C27H42N2O2. The van der Waals surface area contributed by atoms with Crippen molar-refractivity contribution in [1.29, 1.82) is 0 Å². The van der Waals surface area contributed by atoms with Crippen molar-refractivity contribution in [3.05, 3.63) is 29.8 Å². The predicted molar refractivity (Wildman–Crippen MR) is 127 cm³/mol. The molecule has 4 rings (SSSR count). The molecule has 1 heterocycles. The van der Waals surface area contributed by atoms with Gasteiger partial charge >= 0.3 is 5.97 Å². The molecule has 4 atom stereocenters. The number of nitrogens with zero attached hydrogens (tertiary/aromatic N) is 2. The highest BCUT2D eigenvalue weighted by Gasteiger charge is 2.49. The quantitative estimate of drug-likeness (QED) is 0.592. The van der Waals surface area contributed by atoms with E-state index in [0.29, 0.717) is 12.5 Å². The van der Waals surface area contributed by atoms with Gasteiger partial charge in [0, 0.05) is 38.4 Å². The summed E-state index contributed by atoms with van der Waals surface area (Å²) in [7, 11) is 0. The average molecular weight is 427 g/mol. The molecule has 3 aliphatic rings. The Morgan fingerprint density at radius 2 is 1.84 bits per heavy atom. The van der Waals surface area contributed by atoms with Crippen molar-refractivity contribution in [2.24, 2.45) is 23.2 Å². The first-order chi connectivity index (χ1) is 14.8. The van der Waals surface area contributed by atoms with E-state index in [9.17, 15) is 4.79 Å². The number of ether oxygens (including phenoxy) is 1. The van der Waals surface area contributed by atoms with Crippen LogP contribution in [-0.4, -0.2) is 50.2 Å². The van der Waals surface area contributed by atoms with Crippen LogP contribution in [0.5, 0.6) is 0 Å². The Labute approximate surface area is 189 Å². The highest BCUT2D eigenvalue weighted by Crippen LogP contribution is 2.56. The Morgan fingerprint density at radius 3 is 2.55 bits per heavy atom. The van der Waals surface area contributed by atoms with E-state index in [1.54, 1.807) is 5.56 Å². The average Bonchev–Trinajstić information content (AvgIpc) is 3.52. The highest BCUT2D eigenvalue weighted by molar-refractivity contribution is 5.75. The third-order valence-electron chi connectivity index (χ3n) is 9.18. The predicted octanol–water partition coefficient (Wildman–Crippen LogP) is 5.11. The van der Waals surface area contributed by atoms with Crippen molar-refractivity contribution >= 4 is 11.7 Å². The lowest BCUT2D eigenvalue weighted by Gasteiger charge is -2.53. The standard InChI is InChI=1S/C27H42N2O2/c1-6-31-25(30)22-18-21(22)19-28-14-16-29(17-15-28)24-12-8-7-11-23(24)27(5)13-9-10-20(2)26(27,3)4/h7-8,11-12,20-22H,6,9-10,13-19H2,1-5H3. The number of carbonyl (C=O) groups is 1. The van der Waals surface area contributed by atoms with Crippen LogP contribution in [0.15, 0.2) is 24.3 Å². The van der Waals surface area contributed by atoms with Gasteiger partial charge in [-0.1, -0.05) is 58.7 Å². The van der Waals surface area contributed by atoms with E-state index in [2.05, 4.69) is 61.8 Å². The summed E-state index contributed by atoms with van der Waals surface area (Å²) < 4.78 is 5.20. The van der Waals surface area contributed by atoms with Gasteiger partial charge in [0.15, 0.2) is 0 Å². The molecule has 0 aromatic heterocycles. The first-order valence-corrected chi connectivity index (χ1v) is 12.5. The molecular weight excluding hydrogens is 384 g/mol. The van der Waals surface area contributed by atoms with Gasteiger partial charge in [-0.15, -0.1) is 0 Å². The lowest BCUT2D eigenvalue weighted by atomic mass is 9.52. The fourth-order valence-corrected chi connectivity index (χ4v) is 6.18. The summed E-state index contributed by atoms with van der Waals surface area (Å²) in [6.45, 7) is 17.7. The fourth-order valence-electron chi connectivity index (χ4n) is 6.18. The molecule has 3 fully saturated rings. The molecule has 0 N–H and O–H groups in total. The van der Waals surface area contributed by atoms with Crippen molar-refractivity contribution in [2.75, 3.05) is 44.2 Å². The van der Waals surface area contributed by atoms with Crippen LogP contribution in [0.4, 0.5) is 5.69 Å². The Kier molecular flexibility index (Phi) is 6.40. The van der Waals surface area contributed by atoms with Gasteiger partial charge < -0.3 is 9.64 Å². The van der Waals surface area contributed by atoms with E-state index >= 15 is 0 Å². The van der Waals surface area contributed by atoms with Crippen LogP contribution in [-0.2, 0) is 14.9 Å². The van der Waals surface area contributed by atoms with Crippen LogP contribution < -0.4 is 4.90 Å². The summed E-state index contributed by atoms with van der Waals surface area (Å²) >= 11 is 0. The Morgan fingerprint density at radius 1 is 1.13 bits per heavy atom. The second-order valence-electron chi connectivity index (χ2n) is 11.0. The zero-order chi connectivity index (χ0) is 22.2. The van der Waals surface area contributed by atoms with Crippen molar-refractivity contribution in [1.82, 2.24) is 4.90 Å². The summed E-state index contributed by atoms with van der Waals surface area (Å²) in [5.41, 5.74) is 3.49. The number of esters is 1. The topological polar surface area (TPSA) is 32.8 Å². The summed E-state index contributed by atoms with van der Waals surface area (Å²) in [5.74, 6) is 1.40. The fraction of sp³-hybridized carbons (Fsp3) is 0.741. The van der Waals surface area contributed by atoms with Crippen LogP contribution in [0.1, 0.15) is 65.9 Å². The number of benzene rings is 1. The molecule has 2 aliphatic carbocycles. The third kappa shape index (κ3) is 4.25. The molecule has 4 nitrogen and oxygen atoms in total. The first kappa shape index (κ1) is 22.6. The maximum absolute atomic E-state index is 11.9. The van der Waals surface area contributed by atoms with E-state index in [-0.39, 0.29) is 22.7 Å². The van der Waals surface area contributed by atoms with E-state index in [0.717, 1.165) is 45.1 Å². The molecule has 4 unspecified atom stereocenters. The number of carbonyl (C=O) groups excluding carboxylic acids is 1. The molecule has 0 bridgehead atoms. The van der Waals surface area contributed by atoms with Crippen LogP contribution in [0.25, 0.3) is 0 Å².